The first-order chi connectivity index (χ1) is 13.3. The maximum absolute atomic E-state index is 14.1. The summed E-state index contributed by atoms with van der Waals surface area (Å²) >= 11 is 0. The van der Waals surface area contributed by atoms with Crippen molar-refractivity contribution in [1.29, 1.82) is 0 Å². The van der Waals surface area contributed by atoms with Gasteiger partial charge in [-0.05, 0) is 57.4 Å². The van der Waals surface area contributed by atoms with Gasteiger partial charge >= 0.3 is 0 Å². The van der Waals surface area contributed by atoms with Gasteiger partial charge in [-0.2, -0.15) is 0 Å². The molecular formula is C21H26F2N2O2S. The van der Waals surface area contributed by atoms with Crippen molar-refractivity contribution in [2.45, 2.75) is 37.6 Å². The Labute approximate surface area is 165 Å². The van der Waals surface area contributed by atoms with Crippen LogP contribution in [0.5, 0.6) is 0 Å². The molecule has 1 aliphatic rings. The lowest BCUT2D eigenvalue weighted by Gasteiger charge is -2.37. The van der Waals surface area contributed by atoms with Gasteiger partial charge in [0.05, 0.1) is 4.90 Å². The summed E-state index contributed by atoms with van der Waals surface area (Å²) in [7, 11) is -3.55. The first-order valence-corrected chi connectivity index (χ1v) is 11.0. The van der Waals surface area contributed by atoms with E-state index in [2.05, 4.69) is 9.62 Å². The van der Waals surface area contributed by atoms with Gasteiger partial charge in [0.2, 0.25) is 10.0 Å². The highest BCUT2D eigenvalue weighted by Crippen LogP contribution is 2.28. The first-order valence-electron chi connectivity index (χ1n) is 9.51. The Hall–Kier alpha value is -1.83. The van der Waals surface area contributed by atoms with Crippen molar-refractivity contribution >= 4 is 10.0 Å². The van der Waals surface area contributed by atoms with E-state index in [1.807, 2.05) is 13.8 Å². The molecule has 1 N–H and O–H groups in total. The molecule has 152 valence electrons. The standard InChI is InChI=1S/C21H26F2N2O2S/c1-15-5-8-19(9-6-15)28(26,27)24-13-17-4-3-11-25(14-17)16(2)20-10-7-18(22)12-21(20)23/h5-10,12,16-17,24H,3-4,11,13-14H2,1-2H3. The Bertz CT molecular complexity index is 917. The number of benzene rings is 2. The summed E-state index contributed by atoms with van der Waals surface area (Å²) < 4.78 is 55.0. The van der Waals surface area contributed by atoms with E-state index in [1.165, 1.54) is 12.1 Å². The van der Waals surface area contributed by atoms with Crippen molar-refractivity contribution < 1.29 is 17.2 Å². The van der Waals surface area contributed by atoms with Crippen molar-refractivity contribution in [2.75, 3.05) is 19.6 Å². The van der Waals surface area contributed by atoms with E-state index in [0.717, 1.165) is 31.0 Å². The molecule has 0 saturated carbocycles. The summed E-state index contributed by atoms with van der Waals surface area (Å²) in [6.07, 6.45) is 1.82. The van der Waals surface area contributed by atoms with Crippen LogP contribution >= 0.6 is 0 Å². The van der Waals surface area contributed by atoms with Crippen molar-refractivity contribution in [2.24, 2.45) is 5.92 Å². The average Bonchev–Trinajstić information content (AvgIpc) is 2.67. The average molecular weight is 409 g/mol. The minimum absolute atomic E-state index is 0.139. The molecule has 2 unspecified atom stereocenters. The number of piperidine rings is 1. The van der Waals surface area contributed by atoms with Crippen LogP contribution in [0.3, 0.4) is 0 Å². The second-order valence-corrected chi connectivity index (χ2v) is 9.28. The lowest BCUT2D eigenvalue weighted by atomic mass is 9.95. The minimum atomic E-state index is -3.55. The zero-order chi connectivity index (χ0) is 20.3. The largest absolute Gasteiger partial charge is 0.296 e. The van der Waals surface area contributed by atoms with Gasteiger partial charge in [-0.1, -0.05) is 23.8 Å². The monoisotopic (exact) mass is 408 g/mol. The molecule has 0 aromatic heterocycles. The zero-order valence-corrected chi connectivity index (χ0v) is 17.0. The molecule has 0 aliphatic carbocycles. The van der Waals surface area contributed by atoms with E-state index >= 15 is 0 Å². The molecule has 1 saturated heterocycles. The molecule has 0 radical (unpaired) electrons. The van der Waals surface area contributed by atoms with Crippen molar-refractivity contribution in [3.63, 3.8) is 0 Å². The van der Waals surface area contributed by atoms with Gasteiger partial charge in [-0.15, -0.1) is 0 Å². The predicted molar refractivity (Wildman–Crippen MR) is 105 cm³/mol. The van der Waals surface area contributed by atoms with Crippen LogP contribution in [0.25, 0.3) is 0 Å². The Morgan fingerprint density at radius 1 is 1.18 bits per heavy atom. The van der Waals surface area contributed by atoms with Gasteiger partial charge in [0.1, 0.15) is 11.6 Å². The molecule has 1 aliphatic heterocycles. The highest BCUT2D eigenvalue weighted by Gasteiger charge is 2.27. The van der Waals surface area contributed by atoms with Crippen LogP contribution in [0, 0.1) is 24.5 Å². The van der Waals surface area contributed by atoms with E-state index in [-0.39, 0.29) is 16.9 Å². The Morgan fingerprint density at radius 2 is 1.89 bits per heavy atom. The number of hydrogen-bond acceptors (Lipinski definition) is 3. The van der Waals surface area contributed by atoms with Gasteiger partial charge in [0, 0.05) is 30.8 Å². The molecule has 0 bridgehead atoms. The molecule has 4 nitrogen and oxygen atoms in total. The fraction of sp³-hybridized carbons (Fsp3) is 0.429. The normalized spacial score (nSPS) is 19.5. The molecule has 0 spiro atoms. The number of sulfonamides is 1. The molecule has 3 rings (SSSR count). The van der Waals surface area contributed by atoms with Crippen LogP contribution in [0.4, 0.5) is 8.78 Å². The smallest absolute Gasteiger partial charge is 0.240 e. The molecule has 2 atom stereocenters. The van der Waals surface area contributed by atoms with Crippen LogP contribution in [0.1, 0.15) is 36.9 Å². The second-order valence-electron chi connectivity index (χ2n) is 7.51. The van der Waals surface area contributed by atoms with Gasteiger partial charge in [0.25, 0.3) is 0 Å². The summed E-state index contributed by atoms with van der Waals surface area (Å²) in [6, 6.07) is 10.2. The summed E-state index contributed by atoms with van der Waals surface area (Å²) in [4.78, 5) is 2.39. The van der Waals surface area contributed by atoms with Gasteiger partial charge < -0.3 is 0 Å². The third-order valence-corrected chi connectivity index (χ3v) is 6.84. The quantitative estimate of drug-likeness (QED) is 0.785. The van der Waals surface area contributed by atoms with Crippen LogP contribution in [-0.4, -0.2) is 33.0 Å². The minimum Gasteiger partial charge on any atom is -0.296 e. The molecule has 7 heteroatoms. The summed E-state index contributed by atoms with van der Waals surface area (Å²) in [6.45, 7) is 5.61. The number of rotatable bonds is 6. The SMILES string of the molecule is Cc1ccc(S(=O)(=O)NCC2CCCN(C(C)c3ccc(F)cc3F)C2)cc1. The second kappa shape index (κ2) is 8.68. The maximum atomic E-state index is 14.1. The Kier molecular flexibility index (Phi) is 6.47. The van der Waals surface area contributed by atoms with Crippen LogP contribution in [-0.2, 0) is 10.0 Å². The molecule has 2 aromatic carbocycles. The van der Waals surface area contributed by atoms with E-state index in [4.69, 9.17) is 0 Å². The molecule has 1 heterocycles. The van der Waals surface area contributed by atoms with E-state index < -0.39 is 21.7 Å². The van der Waals surface area contributed by atoms with Crippen molar-refractivity contribution in [1.82, 2.24) is 9.62 Å². The summed E-state index contributed by atoms with van der Waals surface area (Å²) in [5.74, 6) is -0.995. The van der Waals surface area contributed by atoms with E-state index in [9.17, 15) is 17.2 Å². The number of hydrogen-bond donors (Lipinski definition) is 1. The van der Waals surface area contributed by atoms with E-state index in [1.54, 1.807) is 24.3 Å². The number of nitrogens with one attached hydrogen (secondary N) is 1. The third kappa shape index (κ3) is 4.96. The Morgan fingerprint density at radius 3 is 2.57 bits per heavy atom. The van der Waals surface area contributed by atoms with E-state index in [0.29, 0.717) is 18.7 Å². The Balaban J connectivity index is 1.62. The summed E-state index contributed by atoms with van der Waals surface area (Å²) in [5.41, 5.74) is 1.46. The number of halogens is 2. The molecule has 28 heavy (non-hydrogen) atoms. The lowest BCUT2D eigenvalue weighted by Crippen LogP contribution is -2.42. The van der Waals surface area contributed by atoms with Gasteiger partial charge in [0.15, 0.2) is 0 Å². The first kappa shape index (κ1) is 20.9. The topological polar surface area (TPSA) is 49.4 Å². The van der Waals surface area contributed by atoms with Crippen molar-refractivity contribution in [3.05, 3.63) is 65.2 Å². The fourth-order valence-corrected chi connectivity index (χ4v) is 4.80. The molecule has 2 aromatic rings. The maximum Gasteiger partial charge on any atom is 0.240 e. The molecule has 0 amide bonds. The lowest BCUT2D eigenvalue weighted by molar-refractivity contribution is 0.131. The predicted octanol–water partition coefficient (Wildman–Crippen LogP) is 4.02. The number of aryl methyl sites for hydroxylation is 1. The highest BCUT2D eigenvalue weighted by atomic mass is 32.2. The van der Waals surface area contributed by atoms with Gasteiger partial charge in [-0.25, -0.2) is 21.9 Å². The number of likely N-dealkylation sites (tertiary alicyclic amines) is 1. The van der Waals surface area contributed by atoms with Crippen LogP contribution < -0.4 is 4.72 Å². The highest BCUT2D eigenvalue weighted by molar-refractivity contribution is 7.89. The van der Waals surface area contributed by atoms with Crippen LogP contribution in [0.15, 0.2) is 47.4 Å². The number of nitrogens with zero attached hydrogens (tertiary/aromatic N) is 1. The third-order valence-electron chi connectivity index (χ3n) is 5.40. The zero-order valence-electron chi connectivity index (χ0n) is 16.2. The van der Waals surface area contributed by atoms with Crippen molar-refractivity contribution in [3.8, 4) is 0 Å². The van der Waals surface area contributed by atoms with Crippen LogP contribution in [0.2, 0.25) is 0 Å². The molecular weight excluding hydrogens is 382 g/mol. The fourth-order valence-electron chi connectivity index (χ4n) is 3.68. The summed E-state index contributed by atoms with van der Waals surface area (Å²) in [5, 5.41) is 0. The molecule has 1 fully saturated rings. The van der Waals surface area contributed by atoms with Gasteiger partial charge in [-0.3, -0.25) is 4.90 Å².